The highest BCUT2D eigenvalue weighted by Gasteiger charge is 2.43. The second-order valence-electron chi connectivity index (χ2n) is 6.88. The van der Waals surface area contributed by atoms with Gasteiger partial charge in [0.2, 0.25) is 25.0 Å². The van der Waals surface area contributed by atoms with Crippen molar-refractivity contribution in [1.82, 2.24) is 14.3 Å². The lowest BCUT2D eigenvalue weighted by molar-refractivity contribution is -0.00652. The minimum absolute atomic E-state index is 0.0230. The topological polar surface area (TPSA) is 97.3 Å². The summed E-state index contributed by atoms with van der Waals surface area (Å²) in [6.07, 6.45) is 1.50. The van der Waals surface area contributed by atoms with Crippen LogP contribution in [0.4, 0.5) is 8.78 Å². The van der Waals surface area contributed by atoms with Crippen LogP contribution < -0.4 is 0 Å². The summed E-state index contributed by atoms with van der Waals surface area (Å²) in [6, 6.07) is 6.57. The summed E-state index contributed by atoms with van der Waals surface area (Å²) in [6.45, 7) is 0.0784. The molecule has 1 aromatic heterocycles. The molecular formula is C17H19F2N3O4S2. The number of aromatic nitrogens is 2. The van der Waals surface area contributed by atoms with Crippen molar-refractivity contribution in [2.24, 2.45) is 0 Å². The number of sulfonamides is 1. The molecule has 3 rings (SSSR count). The smallest absolute Gasteiger partial charge is 0.221 e. The average molecular weight is 431 g/mol. The van der Waals surface area contributed by atoms with E-state index in [9.17, 15) is 25.6 Å². The van der Waals surface area contributed by atoms with Gasteiger partial charge in [-0.05, 0) is 18.1 Å². The van der Waals surface area contributed by atoms with Crippen molar-refractivity contribution < 1.29 is 25.6 Å². The van der Waals surface area contributed by atoms with Crippen LogP contribution in [0.25, 0.3) is 11.3 Å². The van der Waals surface area contributed by atoms with Crippen LogP contribution in [0.2, 0.25) is 0 Å². The Morgan fingerprint density at radius 2 is 1.82 bits per heavy atom. The van der Waals surface area contributed by atoms with Gasteiger partial charge >= 0.3 is 0 Å². The van der Waals surface area contributed by atoms with Crippen LogP contribution in [0.3, 0.4) is 0 Å². The molecule has 0 saturated carbocycles. The summed E-state index contributed by atoms with van der Waals surface area (Å²) in [4.78, 5) is 7.69. The highest BCUT2D eigenvalue weighted by molar-refractivity contribution is 7.90. The molecule has 0 atom stereocenters. The van der Waals surface area contributed by atoms with Gasteiger partial charge in [0.15, 0.2) is 0 Å². The number of nitrogens with zero attached hydrogens (tertiary/aromatic N) is 3. The first-order valence-corrected chi connectivity index (χ1v) is 12.0. The number of alkyl halides is 2. The zero-order chi connectivity index (χ0) is 20.9. The molecule has 1 aliphatic rings. The third-order valence-electron chi connectivity index (χ3n) is 4.53. The summed E-state index contributed by atoms with van der Waals surface area (Å²) in [5.74, 6) is -3.22. The van der Waals surface area contributed by atoms with Crippen LogP contribution in [0, 0.1) is 0 Å². The molecular weight excluding hydrogens is 412 g/mol. The zero-order valence-corrected chi connectivity index (χ0v) is 17.1. The molecule has 11 heteroatoms. The van der Waals surface area contributed by atoms with E-state index in [0.717, 1.165) is 16.8 Å². The Balaban J connectivity index is 2.15. The minimum Gasteiger partial charge on any atom is -0.221 e. The quantitative estimate of drug-likeness (QED) is 0.672. The Morgan fingerprint density at radius 3 is 2.43 bits per heavy atom. The SMILES string of the molecule is CN(Cc1cccc(-c2nc(S(C)(=O)=O)nc3c2CCC3(F)F)c1)S(C)(=O)=O. The van der Waals surface area contributed by atoms with Crippen molar-refractivity contribution in [1.29, 1.82) is 0 Å². The van der Waals surface area contributed by atoms with Gasteiger partial charge < -0.3 is 0 Å². The van der Waals surface area contributed by atoms with Crippen molar-refractivity contribution in [2.45, 2.75) is 30.5 Å². The van der Waals surface area contributed by atoms with Crippen molar-refractivity contribution in [3.8, 4) is 11.3 Å². The highest BCUT2D eigenvalue weighted by Crippen LogP contribution is 2.43. The number of rotatable bonds is 5. The van der Waals surface area contributed by atoms with Gasteiger partial charge in [0.05, 0.1) is 11.9 Å². The first-order valence-electron chi connectivity index (χ1n) is 8.29. The van der Waals surface area contributed by atoms with E-state index in [1.54, 1.807) is 24.3 Å². The lowest BCUT2D eigenvalue weighted by Crippen LogP contribution is -2.24. The molecule has 2 aromatic rings. The van der Waals surface area contributed by atoms with E-state index in [1.165, 1.54) is 7.05 Å². The van der Waals surface area contributed by atoms with Gasteiger partial charge in [0.1, 0.15) is 5.69 Å². The van der Waals surface area contributed by atoms with E-state index in [2.05, 4.69) is 9.97 Å². The largest absolute Gasteiger partial charge is 0.290 e. The van der Waals surface area contributed by atoms with Crippen LogP contribution in [0.1, 0.15) is 23.2 Å². The van der Waals surface area contributed by atoms with Crippen LogP contribution in [0.5, 0.6) is 0 Å². The standard InChI is InChI=1S/C17H19F2N3O4S2/c1-22(28(3,25)26)10-11-5-4-6-12(9-11)14-13-7-8-17(18,19)15(13)21-16(20-14)27(2,23)24/h4-6,9H,7-8,10H2,1-3H3. The number of halogens is 2. The second-order valence-corrected chi connectivity index (χ2v) is 10.9. The highest BCUT2D eigenvalue weighted by atomic mass is 32.2. The molecule has 0 radical (unpaired) electrons. The predicted molar refractivity (Wildman–Crippen MR) is 99.1 cm³/mol. The maximum absolute atomic E-state index is 14.2. The Kier molecular flexibility index (Phi) is 5.05. The fraction of sp³-hybridized carbons (Fsp3) is 0.412. The lowest BCUT2D eigenvalue weighted by Gasteiger charge is -2.16. The summed E-state index contributed by atoms with van der Waals surface area (Å²) >= 11 is 0. The Hall–Kier alpha value is -1.98. The normalized spacial score (nSPS) is 16.4. The Bertz CT molecular complexity index is 1150. The molecule has 1 heterocycles. The molecule has 0 spiro atoms. The lowest BCUT2D eigenvalue weighted by atomic mass is 10.0. The summed E-state index contributed by atoms with van der Waals surface area (Å²) in [7, 11) is -5.87. The van der Waals surface area contributed by atoms with Crippen LogP contribution >= 0.6 is 0 Å². The van der Waals surface area contributed by atoms with Crippen molar-refractivity contribution in [3.63, 3.8) is 0 Å². The number of hydrogen-bond donors (Lipinski definition) is 0. The van der Waals surface area contributed by atoms with Crippen molar-refractivity contribution in [2.75, 3.05) is 19.6 Å². The Morgan fingerprint density at radius 1 is 1.14 bits per heavy atom. The summed E-state index contributed by atoms with van der Waals surface area (Å²) in [5.41, 5.74) is 0.832. The maximum Gasteiger partial charge on any atom is 0.290 e. The maximum atomic E-state index is 14.2. The summed E-state index contributed by atoms with van der Waals surface area (Å²) < 4.78 is 76.7. The number of fused-ring (bicyclic) bond motifs is 1. The summed E-state index contributed by atoms with van der Waals surface area (Å²) in [5, 5.41) is -0.651. The molecule has 1 aliphatic carbocycles. The van der Waals surface area contributed by atoms with E-state index < -0.39 is 43.1 Å². The van der Waals surface area contributed by atoms with Gasteiger partial charge in [0.25, 0.3) is 5.92 Å². The fourth-order valence-electron chi connectivity index (χ4n) is 3.00. The molecule has 28 heavy (non-hydrogen) atoms. The van der Waals surface area contributed by atoms with E-state index in [1.807, 2.05) is 0 Å². The fourth-order valence-corrected chi connectivity index (χ4v) is 3.90. The molecule has 1 aromatic carbocycles. The van der Waals surface area contributed by atoms with Crippen molar-refractivity contribution in [3.05, 3.63) is 41.1 Å². The van der Waals surface area contributed by atoms with Gasteiger partial charge in [-0.15, -0.1) is 0 Å². The van der Waals surface area contributed by atoms with Crippen LogP contribution in [-0.2, 0) is 38.7 Å². The first-order chi connectivity index (χ1) is 12.8. The molecule has 7 nitrogen and oxygen atoms in total. The van der Waals surface area contributed by atoms with E-state index >= 15 is 0 Å². The zero-order valence-electron chi connectivity index (χ0n) is 15.5. The third kappa shape index (κ3) is 4.06. The molecule has 0 bridgehead atoms. The average Bonchev–Trinajstić information content (AvgIpc) is 2.88. The van der Waals surface area contributed by atoms with E-state index in [-0.39, 0.29) is 24.2 Å². The van der Waals surface area contributed by atoms with E-state index in [0.29, 0.717) is 11.1 Å². The first kappa shape index (κ1) is 20.7. The van der Waals surface area contributed by atoms with Crippen molar-refractivity contribution >= 4 is 19.9 Å². The number of benzene rings is 1. The van der Waals surface area contributed by atoms with Gasteiger partial charge in [-0.3, -0.25) is 0 Å². The monoisotopic (exact) mass is 431 g/mol. The predicted octanol–water partition coefficient (Wildman–Crippen LogP) is 1.98. The van der Waals surface area contributed by atoms with Gasteiger partial charge in [-0.1, -0.05) is 18.2 Å². The van der Waals surface area contributed by atoms with Gasteiger partial charge in [-0.25, -0.2) is 31.1 Å². The van der Waals surface area contributed by atoms with E-state index in [4.69, 9.17) is 0 Å². The molecule has 0 amide bonds. The van der Waals surface area contributed by atoms with Gasteiger partial charge in [-0.2, -0.15) is 8.78 Å². The molecule has 0 unspecified atom stereocenters. The van der Waals surface area contributed by atoms with Crippen LogP contribution in [-0.4, -0.2) is 50.7 Å². The minimum atomic E-state index is -3.90. The van der Waals surface area contributed by atoms with Gasteiger partial charge in [0, 0.05) is 37.4 Å². The number of hydrogen-bond acceptors (Lipinski definition) is 6. The molecule has 0 aliphatic heterocycles. The molecule has 152 valence electrons. The molecule has 0 fully saturated rings. The molecule has 0 N–H and O–H groups in total. The Labute approximate surface area is 162 Å². The second kappa shape index (κ2) is 6.82. The third-order valence-corrected chi connectivity index (χ3v) is 6.63. The van der Waals surface area contributed by atoms with Crippen LogP contribution in [0.15, 0.2) is 29.4 Å². The molecule has 0 saturated heterocycles. The number of sulfone groups is 1.